The van der Waals surface area contributed by atoms with Gasteiger partial charge in [-0.05, 0) is 103 Å². The maximum atomic E-state index is 13.2. The van der Waals surface area contributed by atoms with Crippen LogP contribution in [-0.2, 0) is 0 Å². The summed E-state index contributed by atoms with van der Waals surface area (Å²) in [5.41, 5.74) is 1.94. The Labute approximate surface area is 287 Å². The van der Waals surface area contributed by atoms with Crippen molar-refractivity contribution in [3.05, 3.63) is 179 Å². The molecule has 6 rings (SSSR count). The van der Waals surface area contributed by atoms with Crippen LogP contribution in [0.2, 0.25) is 0 Å². The number of carbonyl (C=O) groups is 1. The monoisotopic (exact) mass is 650 g/mol. The molecule has 0 aliphatic carbocycles. The molecule has 0 spiro atoms. The number of hydrogen-bond acceptors (Lipinski definition) is 7. The summed E-state index contributed by atoms with van der Waals surface area (Å²) in [5.74, 6) is 3.71. The Bertz CT molecular complexity index is 2230. The number of ether oxygens (including phenoxy) is 4. The zero-order valence-corrected chi connectivity index (χ0v) is 26.0. The molecule has 6 aromatic carbocycles. The van der Waals surface area contributed by atoms with Crippen molar-refractivity contribution in [3.63, 3.8) is 0 Å². The van der Waals surface area contributed by atoms with E-state index in [4.69, 9.17) is 37.4 Å². The fraction of sp³-hybridized carbons (Fsp3) is 0. The third kappa shape index (κ3) is 7.57. The van der Waals surface area contributed by atoms with E-state index in [0.29, 0.717) is 57.1 Å². The lowest BCUT2D eigenvalue weighted by Crippen LogP contribution is -2.01. The summed E-state index contributed by atoms with van der Waals surface area (Å²) in [7, 11) is 0. The molecule has 0 aromatic heterocycles. The summed E-state index contributed by atoms with van der Waals surface area (Å²) in [6.45, 7) is 14.4. The van der Waals surface area contributed by atoms with Gasteiger partial charge in [-0.25, -0.2) is 4.85 Å². The Kier molecular flexibility index (Phi) is 9.45. The zero-order valence-electron chi connectivity index (χ0n) is 26.0. The molecule has 236 valence electrons. The molecule has 9 nitrogen and oxygen atoms in total. The second-order valence-corrected chi connectivity index (χ2v) is 10.5. The van der Waals surface area contributed by atoms with E-state index in [9.17, 15) is 10.1 Å². The second kappa shape index (κ2) is 14.7. The number of carbonyl (C=O) groups excluding carboxylic acids is 1. The molecular weight excluding hydrogens is 628 g/mol. The minimum Gasteiger partial charge on any atom is -0.459 e. The highest BCUT2D eigenvalue weighted by molar-refractivity contribution is 6.09. The van der Waals surface area contributed by atoms with Crippen molar-refractivity contribution in [2.75, 3.05) is 0 Å². The molecule has 0 saturated heterocycles. The summed E-state index contributed by atoms with van der Waals surface area (Å²) in [5, 5.41) is 18.4. The first-order valence-corrected chi connectivity index (χ1v) is 14.9. The van der Waals surface area contributed by atoms with Gasteiger partial charge in [-0.3, -0.25) is 9.64 Å². The average molecular weight is 651 g/mol. The fourth-order valence-corrected chi connectivity index (χ4v) is 4.79. The molecule has 0 radical (unpaired) electrons. The minimum atomic E-state index is -0.170. The molecule has 9 heteroatoms. The summed E-state index contributed by atoms with van der Waals surface area (Å²) in [6, 6.07) is 40.9. The largest absolute Gasteiger partial charge is 0.459 e. The van der Waals surface area contributed by atoms with Gasteiger partial charge in [-0.1, -0.05) is 18.2 Å². The normalized spacial score (nSPS) is 10.0. The van der Waals surface area contributed by atoms with Crippen molar-refractivity contribution in [1.29, 1.82) is 10.5 Å². The van der Waals surface area contributed by atoms with Crippen LogP contribution in [0, 0.1) is 35.8 Å². The Hall–Kier alpha value is -7.85. The molecule has 0 amide bonds. The molecule has 0 bridgehead atoms. The Morgan fingerprint density at radius 3 is 1.32 bits per heavy atom. The molecule has 0 unspecified atom stereocenters. The summed E-state index contributed by atoms with van der Waals surface area (Å²) >= 11 is 0. The zero-order chi connectivity index (χ0) is 34.9. The molecule has 6 aromatic rings. The van der Waals surface area contributed by atoms with E-state index >= 15 is 0 Å². The van der Waals surface area contributed by atoms with Gasteiger partial charge in [0, 0.05) is 23.3 Å². The maximum absolute atomic E-state index is 13.2. The van der Waals surface area contributed by atoms with Crippen molar-refractivity contribution >= 4 is 17.2 Å². The van der Waals surface area contributed by atoms with E-state index in [0.717, 1.165) is 0 Å². The van der Waals surface area contributed by atoms with Crippen LogP contribution < -0.4 is 18.9 Å². The molecule has 0 fully saturated rings. The van der Waals surface area contributed by atoms with Gasteiger partial charge in [0.2, 0.25) is 0 Å². The standard InChI is InChI=1S/C41H22N4O5/c1-44-39-20-19-38(24-40(39)45-2)50-36-8-4-6-34(23-36)48-32-16-11-28(12-17-32)41(46)27-9-14-31(15-10-27)47-33-5-3-7-35(22-33)49-37-18-13-29(25-42)30(21-37)26-43/h3-24H. The van der Waals surface area contributed by atoms with Gasteiger partial charge < -0.3 is 18.9 Å². The van der Waals surface area contributed by atoms with E-state index in [1.165, 1.54) is 18.2 Å². The molecule has 0 aliphatic rings. The third-order valence-electron chi connectivity index (χ3n) is 7.21. The van der Waals surface area contributed by atoms with Crippen LogP contribution in [0.4, 0.5) is 11.4 Å². The lowest BCUT2D eigenvalue weighted by molar-refractivity contribution is 0.103. The number of rotatable bonds is 10. The predicted molar refractivity (Wildman–Crippen MR) is 184 cm³/mol. The first-order valence-electron chi connectivity index (χ1n) is 14.9. The molecule has 0 heterocycles. The topological polar surface area (TPSA) is 110 Å². The van der Waals surface area contributed by atoms with E-state index in [2.05, 4.69) is 9.69 Å². The van der Waals surface area contributed by atoms with Gasteiger partial charge in [-0.2, -0.15) is 10.5 Å². The fourth-order valence-electron chi connectivity index (χ4n) is 4.79. The summed E-state index contributed by atoms with van der Waals surface area (Å²) in [4.78, 5) is 19.9. The summed E-state index contributed by atoms with van der Waals surface area (Å²) < 4.78 is 23.7. The van der Waals surface area contributed by atoms with Gasteiger partial charge in [0.25, 0.3) is 0 Å². The van der Waals surface area contributed by atoms with Crippen molar-refractivity contribution in [1.82, 2.24) is 0 Å². The molecule has 0 atom stereocenters. The van der Waals surface area contributed by atoms with Gasteiger partial charge in [0.05, 0.1) is 24.3 Å². The molecule has 0 aliphatic heterocycles. The van der Waals surface area contributed by atoms with E-state index < -0.39 is 0 Å². The lowest BCUT2D eigenvalue weighted by atomic mass is 10.0. The van der Waals surface area contributed by atoms with Crippen molar-refractivity contribution in [2.24, 2.45) is 0 Å². The van der Waals surface area contributed by atoms with Gasteiger partial charge in [0.1, 0.15) is 58.1 Å². The molecule has 50 heavy (non-hydrogen) atoms. The van der Waals surface area contributed by atoms with Crippen LogP contribution >= 0.6 is 0 Å². The highest BCUT2D eigenvalue weighted by atomic mass is 16.5. The highest BCUT2D eigenvalue weighted by Crippen LogP contribution is 2.35. The summed E-state index contributed by atoms with van der Waals surface area (Å²) in [6.07, 6.45) is 0. The Morgan fingerprint density at radius 2 is 0.860 bits per heavy atom. The first kappa shape index (κ1) is 32.1. The predicted octanol–water partition coefficient (Wildman–Crippen LogP) is 10.9. The van der Waals surface area contributed by atoms with E-state index in [-0.39, 0.29) is 28.3 Å². The lowest BCUT2D eigenvalue weighted by Gasteiger charge is -2.11. The van der Waals surface area contributed by atoms with Crippen LogP contribution in [0.1, 0.15) is 27.0 Å². The van der Waals surface area contributed by atoms with Crippen LogP contribution in [0.15, 0.2) is 133 Å². The number of nitriles is 2. The number of benzene rings is 6. The molecule has 0 N–H and O–H groups in total. The second-order valence-electron chi connectivity index (χ2n) is 10.5. The van der Waals surface area contributed by atoms with E-state index in [1.54, 1.807) is 115 Å². The van der Waals surface area contributed by atoms with Gasteiger partial charge in [-0.15, -0.1) is 0 Å². The van der Waals surface area contributed by atoms with Gasteiger partial charge in [0.15, 0.2) is 17.2 Å². The molecule has 0 saturated carbocycles. The van der Waals surface area contributed by atoms with Crippen molar-refractivity contribution < 1.29 is 23.7 Å². The average Bonchev–Trinajstić information content (AvgIpc) is 3.15. The number of hydrogen-bond donors (Lipinski definition) is 0. The maximum Gasteiger partial charge on any atom is 0.198 e. The van der Waals surface area contributed by atoms with E-state index in [1.807, 2.05) is 12.1 Å². The number of ketones is 1. The van der Waals surface area contributed by atoms with Crippen molar-refractivity contribution in [3.8, 4) is 58.1 Å². The quantitative estimate of drug-likeness (QED) is 0.107. The number of nitrogens with zero attached hydrogens (tertiary/aromatic N) is 4. The molecular formula is C41H22N4O5. The van der Waals surface area contributed by atoms with Crippen LogP contribution in [-0.4, -0.2) is 5.78 Å². The van der Waals surface area contributed by atoms with Crippen molar-refractivity contribution in [2.45, 2.75) is 0 Å². The Morgan fingerprint density at radius 1 is 0.460 bits per heavy atom. The SMILES string of the molecule is [C-]#[N+]c1ccc(Oc2cccc(Oc3ccc(C(=O)c4ccc(Oc5cccc(Oc6ccc(C#N)c(C#N)c6)c5)cc4)cc3)c2)cc1[N+]#[C-]. The van der Waals surface area contributed by atoms with Crippen LogP contribution in [0.5, 0.6) is 46.0 Å². The van der Waals surface area contributed by atoms with Gasteiger partial charge >= 0.3 is 0 Å². The van der Waals surface area contributed by atoms with Crippen LogP contribution in [0.3, 0.4) is 0 Å². The smallest absolute Gasteiger partial charge is 0.198 e. The minimum absolute atomic E-state index is 0.170. The Balaban J connectivity index is 1.06. The third-order valence-corrected chi connectivity index (χ3v) is 7.21. The van der Waals surface area contributed by atoms with Crippen LogP contribution in [0.25, 0.3) is 9.69 Å². The first-order chi connectivity index (χ1) is 24.4. The highest BCUT2D eigenvalue weighted by Gasteiger charge is 2.12.